The summed E-state index contributed by atoms with van der Waals surface area (Å²) in [6.07, 6.45) is 8.73. The number of piperazine rings is 3. The Labute approximate surface area is 821 Å². The summed E-state index contributed by atoms with van der Waals surface area (Å²) in [6, 6.07) is 14.3. The number of nitrogens with zero attached hydrogens (tertiary/aromatic N) is 16. The lowest BCUT2D eigenvalue weighted by Crippen LogP contribution is -2.66. The number of nitrogen functional groups attached to an aromatic ring is 1. The third kappa shape index (κ3) is 15.6. The second-order valence-electron chi connectivity index (χ2n) is 38.4. The molecule has 13 aromatic rings. The van der Waals surface area contributed by atoms with Gasteiger partial charge in [-0.1, -0.05) is 100 Å². The van der Waals surface area contributed by atoms with Crippen molar-refractivity contribution >= 4 is 119 Å². The van der Waals surface area contributed by atoms with Crippen molar-refractivity contribution in [1.29, 1.82) is 0 Å². The molecule has 13 heterocycles. The summed E-state index contributed by atoms with van der Waals surface area (Å²) in [5.41, 5.74) is 5.40. The monoisotopic (exact) mass is 1970 g/mol. The molecule has 6 amide bonds. The number of H-pyrrole nitrogens is 1. The summed E-state index contributed by atoms with van der Waals surface area (Å²) in [7, 11) is 4.31. The van der Waals surface area contributed by atoms with E-state index in [4.69, 9.17) is 5.73 Å². The number of phenols is 2. The van der Waals surface area contributed by atoms with Crippen LogP contribution < -0.4 is 51.8 Å². The fourth-order valence-electron chi connectivity index (χ4n) is 21.5. The van der Waals surface area contributed by atoms with Gasteiger partial charge in [0.05, 0.1) is 126 Å². The zero-order valence-corrected chi connectivity index (χ0v) is 82.2. The van der Waals surface area contributed by atoms with Crippen molar-refractivity contribution in [2.75, 3.05) is 95.5 Å². The Hall–Kier alpha value is -15.9. The van der Waals surface area contributed by atoms with E-state index in [1.807, 2.05) is 69.2 Å². The molecule has 5 N–H and O–H groups in total. The SMILES string of the molecule is C=CC(=O)N1CC2C(=O)N(C)c3c(c4cc(F)c(-c5c(C)ccc6[nH]nc(N)c56)c(F)c4n(-c4c(C)ccnc4C(C)C)c3=O)N2CC1C.C=CC(=O)N1CC2C(=O)N(C)c3c(c4cc(F)c(-c5c(O)cccc5F)c(F)c4n(-c4c(C(C)C)ccnc4C(C)C)c3=O)N2CC1C.C=CC(=O)N1CC2C(=O)N(C)c3c(c4cc(F)c(-c5c(O)cccc5F)c(F)c4n(-c4c(CC)ccnc4C(C)C)c3=O)N2CC1C. The van der Waals surface area contributed by atoms with E-state index in [1.165, 1.54) is 74.5 Å². The average Bonchev–Trinajstić information content (AvgIpc) is 0.740. The number of hydrogen-bond acceptors (Lipinski definition) is 19. The largest absolute Gasteiger partial charge is 0.507 e. The smallest absolute Gasteiger partial charge is 0.281 e. The quantitative estimate of drug-likeness (QED) is 0.0580. The molecule has 6 aromatic carbocycles. The van der Waals surface area contributed by atoms with E-state index in [9.17, 15) is 48.6 Å². The summed E-state index contributed by atoms with van der Waals surface area (Å²) in [6.45, 7) is 36.7. The van der Waals surface area contributed by atoms with Crippen molar-refractivity contribution in [3.8, 4) is 61.9 Å². The highest BCUT2D eigenvalue weighted by molar-refractivity contribution is 6.17. The molecule has 3 fully saturated rings. The van der Waals surface area contributed by atoms with Crippen molar-refractivity contribution in [2.24, 2.45) is 0 Å². The molecule has 0 bridgehead atoms. The summed E-state index contributed by atoms with van der Waals surface area (Å²) in [4.78, 5) is 152. The predicted octanol–water partition coefficient (Wildman–Crippen LogP) is 16.5. The highest BCUT2D eigenvalue weighted by Crippen LogP contribution is 2.53. The van der Waals surface area contributed by atoms with Gasteiger partial charge in [-0.15, -0.1) is 0 Å². The number of phenolic OH excluding ortho intramolecular Hbond substituents is 2. The van der Waals surface area contributed by atoms with Crippen LogP contribution >= 0.6 is 0 Å². The molecule has 746 valence electrons. The molecule has 37 heteroatoms. The van der Waals surface area contributed by atoms with Crippen LogP contribution in [-0.4, -0.2) is 196 Å². The topological polar surface area (TPSA) is 331 Å². The number of nitrogens with one attached hydrogen (secondary N) is 1. The Morgan fingerprint density at radius 2 is 0.778 bits per heavy atom. The molecule has 29 nitrogen and oxygen atoms in total. The number of benzene rings is 6. The molecule has 19 rings (SSSR count). The van der Waals surface area contributed by atoms with Gasteiger partial charge < -0.3 is 60.0 Å². The van der Waals surface area contributed by atoms with Gasteiger partial charge in [0, 0.05) is 99.2 Å². The standard InChI is InChI=1S/C36H36F3N5O4.C36H36F2N8O3.C35H34F3N5O4/c1-8-26(46)42-16-24-35(47)41(7)34-33(43(24)15-19(42)6)21-14-23(38)28(27-22(37)10-9-11-25(27)45)29(39)31(21)44(36(34)48)32-20(17(2)3)12-13-40-30(32)18(4)5;1-8-24(47)44-15-23-35(48)43(7)33-32(45(23)14-19(44)6)20-13-21(37)26(25-17(4)9-10-22-27(25)34(39)42-41-22)28(38)31(20)46(36(33)49)30-18(5)11-12-40-29(30)16(2)3;1-7-19-12-13-39-29(17(3)4)30(19)43-31-20(14-22(37)27(28(31)38)26-21(36)10-9-11-24(26)44)32-33(35(43)47)40(6)34(46)23-16-41(25(45)8-2)18(5)15-42(23)32/h8-14,17-19,24,45H,1,15-16H2,2-7H3;8-13,16,19,23H,1,14-15H2,2-7H3,(H3,39,41,42);8-14,17-18,23,44H,2,7,15-16H2,1,3-6H3. The van der Waals surface area contributed by atoms with Crippen LogP contribution in [0.25, 0.3) is 94.1 Å². The molecule has 6 unspecified atom stereocenters. The number of fused-ring (bicyclic) bond motifs is 16. The summed E-state index contributed by atoms with van der Waals surface area (Å²) in [5.74, 6) is -13.5. The Morgan fingerprint density at radius 3 is 1.14 bits per heavy atom. The summed E-state index contributed by atoms with van der Waals surface area (Å²) < 4.78 is 136. The van der Waals surface area contributed by atoms with E-state index < -0.39 is 151 Å². The van der Waals surface area contributed by atoms with E-state index in [1.54, 1.807) is 96.2 Å². The molecule has 0 saturated carbocycles. The molecular formula is C107H106F8N18O11. The van der Waals surface area contributed by atoms with Crippen molar-refractivity contribution in [1.82, 2.24) is 53.6 Å². The lowest BCUT2D eigenvalue weighted by atomic mass is 9.92. The van der Waals surface area contributed by atoms with Gasteiger partial charge in [0.1, 0.15) is 75.8 Å². The van der Waals surface area contributed by atoms with Crippen molar-refractivity contribution < 1.29 is 74.1 Å². The predicted molar refractivity (Wildman–Crippen MR) is 538 cm³/mol. The second kappa shape index (κ2) is 37.5. The average molecular weight is 1970 g/mol. The second-order valence-corrected chi connectivity index (χ2v) is 38.4. The number of likely N-dealkylation sites (N-methyl/N-ethyl adjacent to an activating group) is 3. The number of aromatic hydroxyl groups is 2. The summed E-state index contributed by atoms with van der Waals surface area (Å²) >= 11 is 0. The molecule has 0 aliphatic carbocycles. The van der Waals surface area contributed by atoms with E-state index in [0.29, 0.717) is 62.3 Å². The first-order valence-corrected chi connectivity index (χ1v) is 47.2. The zero-order valence-electron chi connectivity index (χ0n) is 82.2. The van der Waals surface area contributed by atoms with Crippen LogP contribution in [0, 0.1) is 60.4 Å². The number of hydrogen-bond donors (Lipinski definition) is 4. The number of halogens is 8. The fourth-order valence-corrected chi connectivity index (χ4v) is 21.5. The normalized spacial score (nSPS) is 17.7. The molecule has 144 heavy (non-hydrogen) atoms. The van der Waals surface area contributed by atoms with Crippen LogP contribution in [0.4, 0.5) is 75.1 Å². The minimum Gasteiger partial charge on any atom is -0.507 e. The third-order valence-electron chi connectivity index (χ3n) is 28.4. The maximum absolute atomic E-state index is 17.8. The molecule has 0 radical (unpaired) electrons. The van der Waals surface area contributed by atoms with Gasteiger partial charge in [0.25, 0.3) is 34.4 Å². The van der Waals surface area contributed by atoms with E-state index in [2.05, 4.69) is 44.9 Å². The molecule has 3 saturated heterocycles. The number of aromatic nitrogens is 8. The van der Waals surface area contributed by atoms with Gasteiger partial charge >= 0.3 is 0 Å². The first-order chi connectivity index (χ1) is 68.3. The minimum atomic E-state index is -1.27. The molecular weight excluding hydrogens is 1870 g/mol. The van der Waals surface area contributed by atoms with Gasteiger partial charge in [-0.2, -0.15) is 5.10 Å². The highest BCUT2D eigenvalue weighted by atomic mass is 19.2. The number of aryl methyl sites for hydroxylation is 3. The molecule has 6 aliphatic heterocycles. The van der Waals surface area contributed by atoms with Crippen LogP contribution in [0.3, 0.4) is 0 Å². The summed E-state index contributed by atoms with van der Waals surface area (Å²) in [5, 5.41) is 28.5. The first kappa shape index (κ1) is 99.7. The Bertz CT molecular complexity index is 7860. The van der Waals surface area contributed by atoms with Gasteiger partial charge in [-0.25, -0.2) is 35.1 Å². The number of aromatic amines is 1. The lowest BCUT2D eigenvalue weighted by molar-refractivity contribution is -0.132. The first-order valence-electron chi connectivity index (χ1n) is 47.2. The van der Waals surface area contributed by atoms with Crippen molar-refractivity contribution in [3.05, 3.63) is 258 Å². The van der Waals surface area contributed by atoms with Crippen LogP contribution in [0.15, 0.2) is 156 Å². The molecule has 0 spiro atoms. The number of anilines is 7. The highest BCUT2D eigenvalue weighted by Gasteiger charge is 2.52. The van der Waals surface area contributed by atoms with Crippen LogP contribution in [0.2, 0.25) is 0 Å². The fraction of sp³-hybridized carbons (Fsp3) is 0.318. The van der Waals surface area contributed by atoms with Gasteiger partial charge in [0.15, 0.2) is 23.3 Å². The Kier molecular flexibility index (Phi) is 26.0. The lowest BCUT2D eigenvalue weighted by Gasteiger charge is -2.50. The van der Waals surface area contributed by atoms with E-state index in [-0.39, 0.29) is 176 Å². The van der Waals surface area contributed by atoms with E-state index in [0.717, 1.165) is 57.7 Å². The van der Waals surface area contributed by atoms with Crippen LogP contribution in [0.5, 0.6) is 11.5 Å². The molecule has 6 atom stereocenters. The third-order valence-corrected chi connectivity index (χ3v) is 28.4. The number of nitrogens with two attached hydrogens (primary N) is 1. The van der Waals surface area contributed by atoms with Gasteiger partial charge in [-0.05, 0) is 172 Å². The van der Waals surface area contributed by atoms with Crippen LogP contribution in [-0.2, 0) is 35.2 Å². The minimum absolute atomic E-state index is 0.00241. The zero-order chi connectivity index (χ0) is 104. The van der Waals surface area contributed by atoms with E-state index >= 15 is 39.9 Å². The number of carbonyl (C=O) groups excluding carboxylic acids is 6. The number of carbonyl (C=O) groups is 6. The number of pyridine rings is 6. The number of rotatable bonds is 14. The maximum Gasteiger partial charge on any atom is 0.281 e. The van der Waals surface area contributed by atoms with Gasteiger partial charge in [0.2, 0.25) is 17.7 Å². The van der Waals surface area contributed by atoms with Crippen molar-refractivity contribution in [3.63, 3.8) is 0 Å². The number of amides is 6. The maximum atomic E-state index is 17.8. The molecule has 7 aromatic heterocycles. The van der Waals surface area contributed by atoms with Crippen LogP contribution in [0.1, 0.15) is 146 Å². The Morgan fingerprint density at radius 1 is 0.431 bits per heavy atom. The van der Waals surface area contributed by atoms with Crippen molar-refractivity contribution in [2.45, 2.75) is 163 Å². The van der Waals surface area contributed by atoms with Gasteiger partial charge in [-0.3, -0.25) is 76.9 Å². The molecule has 6 aliphatic rings. The Balaban J connectivity index is 0.000000148.